The molecule has 2 aliphatic heterocycles. The van der Waals surface area contributed by atoms with Crippen LogP contribution in [0.4, 0.5) is 8.78 Å². The number of fused-ring (bicyclic) bond motifs is 3. The first-order chi connectivity index (χ1) is 14.7. The number of hydrogen-bond donors (Lipinski definition) is 1. The third kappa shape index (κ3) is 3.58. The summed E-state index contributed by atoms with van der Waals surface area (Å²) in [6.45, 7) is 2.69. The number of carbonyl (C=O) groups is 2. The van der Waals surface area contributed by atoms with Crippen molar-refractivity contribution in [2.24, 2.45) is 5.92 Å². The topological polar surface area (TPSA) is 82.8 Å². The number of pyridine rings is 1. The lowest BCUT2D eigenvalue weighted by Crippen LogP contribution is -2.62. The van der Waals surface area contributed by atoms with Crippen molar-refractivity contribution in [3.63, 3.8) is 0 Å². The minimum Gasteiger partial charge on any atom is -0.502 e. The largest absolute Gasteiger partial charge is 0.502 e. The summed E-state index contributed by atoms with van der Waals surface area (Å²) >= 11 is 0. The van der Waals surface area contributed by atoms with E-state index >= 15 is 0 Å². The number of carbonyl (C=O) groups excluding carboxylic acids is 2. The van der Waals surface area contributed by atoms with Crippen LogP contribution in [0.2, 0.25) is 0 Å². The molecule has 1 amide bonds. The second-order valence-corrected chi connectivity index (χ2v) is 8.26. The minimum atomic E-state index is -0.929. The van der Waals surface area contributed by atoms with Crippen LogP contribution in [0.3, 0.4) is 0 Å². The fourth-order valence-electron chi connectivity index (χ4n) is 4.31. The molecule has 3 heterocycles. The number of hydrogen-bond acceptors (Lipinski definition) is 5. The van der Waals surface area contributed by atoms with Gasteiger partial charge in [-0.25, -0.2) is 8.78 Å². The Kier molecular flexibility index (Phi) is 5.28. The van der Waals surface area contributed by atoms with Crippen LogP contribution in [0.15, 0.2) is 29.2 Å². The van der Waals surface area contributed by atoms with Gasteiger partial charge in [0.05, 0.1) is 5.56 Å². The van der Waals surface area contributed by atoms with Crippen LogP contribution in [0.1, 0.15) is 52.6 Å². The zero-order valence-corrected chi connectivity index (χ0v) is 17.3. The van der Waals surface area contributed by atoms with Gasteiger partial charge in [0.15, 0.2) is 17.2 Å². The summed E-state index contributed by atoms with van der Waals surface area (Å²) in [6.07, 6.45) is 2.40. The van der Waals surface area contributed by atoms with Gasteiger partial charge < -0.3 is 10.0 Å². The van der Waals surface area contributed by atoms with Gasteiger partial charge in [0.25, 0.3) is 5.91 Å². The van der Waals surface area contributed by atoms with E-state index in [1.54, 1.807) is 7.05 Å². The van der Waals surface area contributed by atoms with E-state index < -0.39 is 34.5 Å². The number of halogens is 2. The molecule has 164 valence electrons. The highest BCUT2D eigenvalue weighted by Gasteiger charge is 2.41. The maximum atomic E-state index is 13.9. The third-order valence-corrected chi connectivity index (χ3v) is 6.16. The highest BCUT2D eigenvalue weighted by Crippen LogP contribution is 2.31. The standard InChI is InChI=1S/C22H23F2N3O4/c1-12-7-8-26-18(9-12)25(2)22(31)19-21(30)20(29)15(11-27(19)26)17(28)6-4-13-3-5-14(23)10-16(13)24/h3,5,10-12,18,30H,4,6-9H2,1-2H3/t12-,18+/m1/s1. The lowest BCUT2D eigenvalue weighted by Gasteiger charge is -2.49. The summed E-state index contributed by atoms with van der Waals surface area (Å²) in [5.41, 5.74) is -1.21. The lowest BCUT2D eigenvalue weighted by atomic mass is 9.95. The van der Waals surface area contributed by atoms with Crippen LogP contribution >= 0.6 is 0 Å². The second kappa shape index (κ2) is 7.79. The van der Waals surface area contributed by atoms with E-state index in [4.69, 9.17) is 0 Å². The number of aromatic nitrogens is 1. The molecule has 1 aromatic heterocycles. The Morgan fingerprint density at radius 2 is 2.00 bits per heavy atom. The van der Waals surface area contributed by atoms with Gasteiger partial charge in [0.2, 0.25) is 5.43 Å². The molecule has 0 bridgehead atoms. The van der Waals surface area contributed by atoms with Crippen LogP contribution in [0.5, 0.6) is 5.75 Å². The van der Waals surface area contributed by atoms with Crippen molar-refractivity contribution in [3.8, 4) is 5.75 Å². The molecule has 0 radical (unpaired) electrons. The van der Waals surface area contributed by atoms with Crippen LogP contribution in [0, 0.1) is 17.6 Å². The highest BCUT2D eigenvalue weighted by atomic mass is 19.1. The van der Waals surface area contributed by atoms with Crippen molar-refractivity contribution in [3.05, 3.63) is 63.1 Å². The predicted octanol–water partition coefficient (Wildman–Crippen LogP) is 2.43. The van der Waals surface area contributed by atoms with E-state index in [2.05, 4.69) is 6.92 Å². The number of aromatic hydroxyl groups is 1. The number of benzene rings is 1. The SMILES string of the molecule is C[C@@H]1CCN2[C@@H](C1)N(C)C(=O)c1c(O)c(=O)c(C(=O)CCc3ccc(F)cc3F)cn12. The lowest BCUT2D eigenvalue weighted by molar-refractivity contribution is 0.0557. The van der Waals surface area contributed by atoms with Gasteiger partial charge >= 0.3 is 0 Å². The zero-order chi connectivity index (χ0) is 22.4. The Labute approximate surface area is 177 Å². The van der Waals surface area contributed by atoms with Crippen molar-refractivity contribution in [1.82, 2.24) is 9.58 Å². The summed E-state index contributed by atoms with van der Waals surface area (Å²) in [7, 11) is 1.63. The van der Waals surface area contributed by atoms with Crippen LogP contribution in [-0.4, -0.2) is 46.1 Å². The molecule has 0 unspecified atom stereocenters. The smallest absolute Gasteiger partial charge is 0.277 e. The fraction of sp³-hybridized carbons (Fsp3) is 0.409. The van der Waals surface area contributed by atoms with E-state index in [9.17, 15) is 28.3 Å². The van der Waals surface area contributed by atoms with E-state index in [1.807, 2.05) is 5.01 Å². The summed E-state index contributed by atoms with van der Waals surface area (Å²) in [4.78, 5) is 39.8. The average molecular weight is 431 g/mol. The molecule has 31 heavy (non-hydrogen) atoms. The molecule has 1 saturated heterocycles. The normalized spacial score (nSPS) is 20.5. The monoisotopic (exact) mass is 431 g/mol. The summed E-state index contributed by atoms with van der Waals surface area (Å²) in [6, 6.07) is 3.09. The molecule has 7 nitrogen and oxygen atoms in total. The van der Waals surface area contributed by atoms with Crippen molar-refractivity contribution in [2.75, 3.05) is 18.6 Å². The first-order valence-electron chi connectivity index (χ1n) is 10.2. The zero-order valence-electron chi connectivity index (χ0n) is 17.3. The van der Waals surface area contributed by atoms with E-state index in [-0.39, 0.29) is 35.8 Å². The molecule has 1 fully saturated rings. The van der Waals surface area contributed by atoms with E-state index in [1.165, 1.54) is 21.8 Å². The number of piperidine rings is 1. The van der Waals surface area contributed by atoms with Crippen molar-refractivity contribution >= 4 is 11.7 Å². The first kappa shape index (κ1) is 21.0. The molecule has 4 rings (SSSR count). The van der Waals surface area contributed by atoms with Gasteiger partial charge in [-0.3, -0.25) is 24.1 Å². The van der Waals surface area contributed by atoms with Crippen LogP contribution in [-0.2, 0) is 6.42 Å². The van der Waals surface area contributed by atoms with Gasteiger partial charge in [-0.05, 0) is 36.8 Å². The molecule has 2 atom stereocenters. The van der Waals surface area contributed by atoms with Gasteiger partial charge in [0, 0.05) is 32.3 Å². The molecular formula is C22H23F2N3O4. The highest BCUT2D eigenvalue weighted by molar-refractivity contribution is 6.00. The van der Waals surface area contributed by atoms with Crippen molar-refractivity contribution in [1.29, 1.82) is 0 Å². The molecule has 1 N–H and O–H groups in total. The molecular weight excluding hydrogens is 408 g/mol. The van der Waals surface area contributed by atoms with Crippen molar-refractivity contribution < 1.29 is 23.5 Å². The summed E-state index contributed by atoms with van der Waals surface area (Å²) < 4.78 is 28.4. The molecule has 9 heteroatoms. The Hall–Kier alpha value is -3.23. The molecule has 1 aromatic carbocycles. The first-order valence-corrected chi connectivity index (χ1v) is 10.2. The summed E-state index contributed by atoms with van der Waals surface area (Å²) in [5, 5.41) is 12.4. The molecule has 0 spiro atoms. The van der Waals surface area contributed by atoms with Gasteiger partial charge in [-0.1, -0.05) is 13.0 Å². The fourth-order valence-corrected chi connectivity index (χ4v) is 4.31. The van der Waals surface area contributed by atoms with Gasteiger partial charge in [0.1, 0.15) is 17.8 Å². The van der Waals surface area contributed by atoms with Crippen LogP contribution in [0.25, 0.3) is 0 Å². The second-order valence-electron chi connectivity index (χ2n) is 8.26. The number of amides is 1. The maximum Gasteiger partial charge on any atom is 0.277 e. The van der Waals surface area contributed by atoms with Crippen molar-refractivity contribution in [2.45, 2.75) is 38.8 Å². The maximum absolute atomic E-state index is 13.9. The van der Waals surface area contributed by atoms with Crippen LogP contribution < -0.4 is 10.4 Å². The van der Waals surface area contributed by atoms with Gasteiger partial charge in [-0.15, -0.1) is 0 Å². The Bertz CT molecular complexity index is 1130. The van der Waals surface area contributed by atoms with Gasteiger partial charge in [-0.2, -0.15) is 0 Å². The quantitative estimate of drug-likeness (QED) is 0.752. The number of nitrogens with zero attached hydrogens (tertiary/aromatic N) is 3. The Morgan fingerprint density at radius 1 is 1.26 bits per heavy atom. The predicted molar refractivity (Wildman–Crippen MR) is 109 cm³/mol. The molecule has 0 saturated carbocycles. The average Bonchev–Trinajstić information content (AvgIpc) is 2.73. The number of rotatable bonds is 4. The Balaban J connectivity index is 1.68. The minimum absolute atomic E-state index is 0.0293. The molecule has 0 aliphatic carbocycles. The molecule has 2 aliphatic rings. The number of Topliss-reactive ketones (excluding diaryl/α,β-unsaturated/α-hetero) is 1. The third-order valence-electron chi connectivity index (χ3n) is 6.16. The summed E-state index contributed by atoms with van der Waals surface area (Å²) in [5.74, 6) is -2.93. The van der Waals surface area contributed by atoms with E-state index in [0.29, 0.717) is 12.5 Å². The number of ketones is 1. The van der Waals surface area contributed by atoms with E-state index in [0.717, 1.165) is 25.0 Å². The molecule has 2 aromatic rings. The number of aryl methyl sites for hydroxylation is 1. The Morgan fingerprint density at radius 3 is 2.71 bits per heavy atom.